The molecule has 1 heterocycles. The van der Waals surface area contributed by atoms with E-state index in [1.165, 1.54) is 12.5 Å². The number of fused-ring (bicyclic) bond motifs is 1. The lowest BCUT2D eigenvalue weighted by atomic mass is 9.76. The predicted molar refractivity (Wildman–Crippen MR) is 139 cm³/mol. The van der Waals surface area contributed by atoms with Gasteiger partial charge in [-0.05, 0) is 67.6 Å². The van der Waals surface area contributed by atoms with Crippen LogP contribution < -0.4 is 16.0 Å². The monoisotopic (exact) mass is 501 g/mol. The molecule has 2 aliphatic rings. The first kappa shape index (κ1) is 26.7. The van der Waals surface area contributed by atoms with Gasteiger partial charge in [0.15, 0.2) is 5.82 Å². The summed E-state index contributed by atoms with van der Waals surface area (Å²) < 4.78 is 30.1. The average molecular weight is 502 g/mol. The van der Waals surface area contributed by atoms with Crippen molar-refractivity contribution in [3.63, 3.8) is 0 Å². The molecule has 1 saturated carbocycles. The first-order valence-electron chi connectivity index (χ1n) is 13.4. The summed E-state index contributed by atoms with van der Waals surface area (Å²) in [7, 11) is 0. The first-order chi connectivity index (χ1) is 17.1. The fourth-order valence-corrected chi connectivity index (χ4v) is 5.43. The summed E-state index contributed by atoms with van der Waals surface area (Å²) in [5, 5.41) is 10.1. The number of nitrogens with zero attached hydrogens (tertiary/aromatic N) is 2. The number of carbonyl (C=O) groups is 1. The summed E-state index contributed by atoms with van der Waals surface area (Å²) >= 11 is 0. The van der Waals surface area contributed by atoms with E-state index in [0.717, 1.165) is 50.4 Å². The molecular weight excluding hydrogens is 460 g/mol. The number of carbonyl (C=O) groups excluding carboxylic acids is 1. The minimum atomic E-state index is -0.533. The van der Waals surface area contributed by atoms with E-state index in [1.54, 1.807) is 0 Å². The third-order valence-corrected chi connectivity index (χ3v) is 7.57. The van der Waals surface area contributed by atoms with E-state index in [-0.39, 0.29) is 22.9 Å². The van der Waals surface area contributed by atoms with Crippen LogP contribution in [0, 0.1) is 17.0 Å². The van der Waals surface area contributed by atoms with Crippen LogP contribution >= 0.6 is 0 Å². The topological polar surface area (TPSA) is 71.0 Å². The van der Waals surface area contributed by atoms with E-state index in [2.05, 4.69) is 46.3 Å². The number of nitrogens with one attached hydrogen (secondary N) is 3. The van der Waals surface area contributed by atoms with Crippen molar-refractivity contribution >= 4 is 11.7 Å². The zero-order chi connectivity index (χ0) is 25.9. The van der Waals surface area contributed by atoms with E-state index in [9.17, 15) is 13.6 Å². The summed E-state index contributed by atoms with van der Waals surface area (Å²) in [5.41, 5.74) is 1.53. The Morgan fingerprint density at radius 2 is 2.06 bits per heavy atom. The van der Waals surface area contributed by atoms with Crippen molar-refractivity contribution in [3.05, 3.63) is 47.4 Å². The van der Waals surface area contributed by atoms with Gasteiger partial charge in [0.1, 0.15) is 11.6 Å². The van der Waals surface area contributed by atoms with Gasteiger partial charge in [-0.25, -0.2) is 13.8 Å². The van der Waals surface area contributed by atoms with Crippen molar-refractivity contribution in [2.45, 2.75) is 96.7 Å². The maximum atomic E-state index is 14.3. The molecule has 1 aromatic heterocycles. The lowest BCUT2D eigenvalue weighted by molar-refractivity contribution is -0.118. The van der Waals surface area contributed by atoms with Gasteiger partial charge in [-0.15, -0.1) is 0 Å². The van der Waals surface area contributed by atoms with Crippen LogP contribution in [0.1, 0.15) is 77.3 Å². The average Bonchev–Trinajstić information content (AvgIpc) is 3.23. The molecule has 1 fully saturated rings. The highest BCUT2D eigenvalue weighted by molar-refractivity contribution is 5.94. The predicted octanol–water partition coefficient (Wildman–Crippen LogP) is 4.93. The summed E-state index contributed by atoms with van der Waals surface area (Å²) in [6, 6.07) is 1.93. The van der Waals surface area contributed by atoms with E-state index < -0.39 is 17.7 Å². The maximum Gasteiger partial charge on any atom is 0.242 e. The van der Waals surface area contributed by atoms with E-state index in [0.29, 0.717) is 30.6 Å². The van der Waals surface area contributed by atoms with Crippen molar-refractivity contribution in [1.82, 2.24) is 20.2 Å². The second-order valence-corrected chi connectivity index (χ2v) is 11.9. The van der Waals surface area contributed by atoms with Gasteiger partial charge >= 0.3 is 0 Å². The maximum absolute atomic E-state index is 14.3. The molecule has 0 unspecified atom stereocenters. The Kier molecular flexibility index (Phi) is 8.15. The number of anilines is 1. The normalized spacial score (nSPS) is 19.9. The molecule has 2 atom stereocenters. The zero-order valence-electron chi connectivity index (χ0n) is 22.1. The van der Waals surface area contributed by atoms with Crippen molar-refractivity contribution in [2.24, 2.45) is 5.41 Å². The van der Waals surface area contributed by atoms with E-state index in [1.807, 2.05) is 19.4 Å². The molecule has 0 saturated heterocycles. The van der Waals surface area contributed by atoms with Gasteiger partial charge in [-0.2, -0.15) is 0 Å². The van der Waals surface area contributed by atoms with Gasteiger partial charge in [-0.3, -0.25) is 4.79 Å². The Balaban J connectivity index is 1.37. The summed E-state index contributed by atoms with van der Waals surface area (Å²) in [4.78, 5) is 17.7. The first-order valence-corrected chi connectivity index (χ1v) is 13.4. The lowest BCUT2D eigenvalue weighted by Gasteiger charge is -2.43. The van der Waals surface area contributed by atoms with Crippen LogP contribution in [0.3, 0.4) is 0 Å². The van der Waals surface area contributed by atoms with Gasteiger partial charge in [0.05, 0.1) is 17.9 Å². The minimum Gasteiger partial charge on any atom is -0.328 e. The number of rotatable bonds is 10. The molecule has 3 N–H and O–H groups in total. The molecule has 4 rings (SSSR count). The Morgan fingerprint density at radius 1 is 1.28 bits per heavy atom. The Bertz CT molecular complexity index is 1060. The molecule has 0 aliphatic heterocycles. The van der Waals surface area contributed by atoms with Crippen molar-refractivity contribution in [3.8, 4) is 0 Å². The quantitative estimate of drug-likeness (QED) is 0.432. The Morgan fingerprint density at radius 3 is 2.72 bits per heavy atom. The van der Waals surface area contributed by atoms with Crippen molar-refractivity contribution in [1.29, 1.82) is 0 Å². The third kappa shape index (κ3) is 6.32. The molecule has 2 aliphatic carbocycles. The molecule has 0 bridgehead atoms. The lowest BCUT2D eigenvalue weighted by Crippen LogP contribution is -2.49. The van der Waals surface area contributed by atoms with Crippen LogP contribution in [0.25, 0.3) is 0 Å². The van der Waals surface area contributed by atoms with Gasteiger partial charge in [0, 0.05) is 31.4 Å². The second kappa shape index (κ2) is 11.0. The molecule has 6 nitrogen and oxygen atoms in total. The van der Waals surface area contributed by atoms with Crippen LogP contribution in [0.2, 0.25) is 0 Å². The highest BCUT2D eigenvalue weighted by atomic mass is 19.1. The number of aromatic nitrogens is 2. The minimum absolute atomic E-state index is 0.0152. The fourth-order valence-electron chi connectivity index (χ4n) is 5.43. The molecule has 0 radical (unpaired) electrons. The zero-order valence-corrected chi connectivity index (χ0v) is 22.1. The molecule has 8 heteroatoms. The van der Waals surface area contributed by atoms with Crippen LogP contribution in [0.5, 0.6) is 0 Å². The number of hydrogen-bond donors (Lipinski definition) is 3. The SMILES string of the molecule is CCC[C@H](N[C@H]1CCc2cc(F)cc(F)c2C1)C(=O)Nc1cn(C2(CNCC(C)(C)C)CCC2)cn1. The second-order valence-electron chi connectivity index (χ2n) is 11.9. The van der Waals surface area contributed by atoms with Crippen LogP contribution in [-0.4, -0.2) is 40.6 Å². The Hall–Kier alpha value is -2.32. The standard InChI is InChI=1S/C28H41F2N5O/c1-5-7-24(33-21-9-8-19-12-20(29)13-23(30)22(19)14-21)26(36)34-25-15-35(18-32-25)28(10-6-11-28)17-31-16-27(2,3)4/h12-13,15,18,21,24,31,33H,5-11,14,16-17H2,1-4H3,(H,34,36)/t21-,24-/m0/s1. The molecule has 198 valence electrons. The van der Waals surface area contributed by atoms with Gasteiger partial charge in [0.25, 0.3) is 0 Å². The smallest absolute Gasteiger partial charge is 0.242 e. The number of hydrogen-bond acceptors (Lipinski definition) is 4. The molecule has 36 heavy (non-hydrogen) atoms. The summed E-state index contributed by atoms with van der Waals surface area (Å²) in [5.74, 6) is -0.601. The number of aryl methyl sites for hydroxylation is 1. The van der Waals surface area contributed by atoms with E-state index >= 15 is 0 Å². The summed E-state index contributed by atoms with van der Waals surface area (Å²) in [6.07, 6.45) is 10.4. The Labute approximate surface area is 213 Å². The van der Waals surface area contributed by atoms with Gasteiger partial charge in [0.2, 0.25) is 5.91 Å². The van der Waals surface area contributed by atoms with Gasteiger partial charge in [-0.1, -0.05) is 34.1 Å². The number of halogens is 2. The largest absolute Gasteiger partial charge is 0.328 e. The molecule has 2 aromatic rings. The third-order valence-electron chi connectivity index (χ3n) is 7.57. The molecule has 1 aromatic carbocycles. The number of benzene rings is 1. The van der Waals surface area contributed by atoms with E-state index in [4.69, 9.17) is 0 Å². The highest BCUT2D eigenvalue weighted by Gasteiger charge is 2.39. The summed E-state index contributed by atoms with van der Waals surface area (Å²) in [6.45, 7) is 10.5. The molecular formula is C28H41F2N5O. The van der Waals surface area contributed by atoms with Crippen LogP contribution in [-0.2, 0) is 23.2 Å². The van der Waals surface area contributed by atoms with Gasteiger partial charge < -0.3 is 20.5 Å². The van der Waals surface area contributed by atoms with Crippen LogP contribution in [0.4, 0.5) is 14.6 Å². The molecule has 1 amide bonds. The van der Waals surface area contributed by atoms with Crippen molar-refractivity contribution in [2.75, 3.05) is 18.4 Å². The van der Waals surface area contributed by atoms with Crippen LogP contribution in [0.15, 0.2) is 24.7 Å². The van der Waals surface area contributed by atoms with Crippen molar-refractivity contribution < 1.29 is 13.6 Å². The number of amides is 1. The molecule has 0 spiro atoms. The fraction of sp³-hybridized carbons (Fsp3) is 0.643. The number of imidazole rings is 1. The highest BCUT2D eigenvalue weighted by Crippen LogP contribution is 2.39.